The summed E-state index contributed by atoms with van der Waals surface area (Å²) in [4.78, 5) is 57.5. The standard InChI is InChI=1S/C20H24N2O11/c1-10(23)29-9-16-17(30-11(2)24)18(31-12(3)25)19(32-13(4)26)20(33-16)21-14-7-5-6-8-15(14)22(27)28/h5-8,16-21H,9H2,1-4H3/t16-,17-,18+,19+,20-/m0/s1. The Labute approximate surface area is 188 Å². The van der Waals surface area contributed by atoms with Gasteiger partial charge in [-0.25, -0.2) is 0 Å². The predicted octanol–water partition coefficient (Wildman–Crippen LogP) is 1.09. The molecular formula is C20H24N2O11. The summed E-state index contributed by atoms with van der Waals surface area (Å²) in [6, 6.07) is 5.62. The molecule has 1 fully saturated rings. The fourth-order valence-electron chi connectivity index (χ4n) is 3.25. The van der Waals surface area contributed by atoms with Crippen LogP contribution in [-0.4, -0.2) is 66.1 Å². The van der Waals surface area contributed by atoms with Crippen molar-refractivity contribution in [1.82, 2.24) is 0 Å². The van der Waals surface area contributed by atoms with Gasteiger partial charge in [-0.1, -0.05) is 12.1 Å². The van der Waals surface area contributed by atoms with E-state index in [4.69, 9.17) is 23.7 Å². The quantitative estimate of drug-likeness (QED) is 0.250. The van der Waals surface area contributed by atoms with Gasteiger partial charge in [0.1, 0.15) is 18.4 Å². The van der Waals surface area contributed by atoms with Gasteiger partial charge < -0.3 is 29.0 Å². The molecule has 0 saturated carbocycles. The maximum absolute atomic E-state index is 11.8. The van der Waals surface area contributed by atoms with Gasteiger partial charge in [-0.05, 0) is 6.07 Å². The molecule has 0 unspecified atom stereocenters. The van der Waals surface area contributed by atoms with Crippen molar-refractivity contribution in [3.63, 3.8) is 0 Å². The van der Waals surface area contributed by atoms with Crippen molar-refractivity contribution in [3.05, 3.63) is 34.4 Å². The molecule has 1 aromatic carbocycles. The van der Waals surface area contributed by atoms with Crippen LogP contribution in [-0.2, 0) is 42.9 Å². The van der Waals surface area contributed by atoms with E-state index in [0.29, 0.717) is 0 Å². The predicted molar refractivity (Wildman–Crippen MR) is 109 cm³/mol. The van der Waals surface area contributed by atoms with Crippen LogP contribution in [0.25, 0.3) is 0 Å². The molecule has 180 valence electrons. The van der Waals surface area contributed by atoms with Crippen molar-refractivity contribution >= 4 is 35.3 Å². The fourth-order valence-corrected chi connectivity index (χ4v) is 3.25. The molecule has 1 N–H and O–H groups in total. The van der Waals surface area contributed by atoms with Gasteiger partial charge in [0.05, 0.1) is 4.92 Å². The largest absolute Gasteiger partial charge is 0.463 e. The van der Waals surface area contributed by atoms with Crippen LogP contribution in [0.5, 0.6) is 0 Å². The van der Waals surface area contributed by atoms with Gasteiger partial charge in [0, 0.05) is 33.8 Å². The molecular weight excluding hydrogens is 444 g/mol. The highest BCUT2D eigenvalue weighted by molar-refractivity contribution is 5.69. The Morgan fingerprint density at radius 3 is 2.00 bits per heavy atom. The normalized spacial score (nSPS) is 24.2. The lowest BCUT2D eigenvalue weighted by Crippen LogP contribution is -2.64. The lowest BCUT2D eigenvalue weighted by molar-refractivity contribution is -0.384. The summed E-state index contributed by atoms with van der Waals surface area (Å²) in [5, 5.41) is 14.2. The average molecular weight is 468 g/mol. The first-order valence-electron chi connectivity index (χ1n) is 9.80. The number of nitro groups is 1. The van der Waals surface area contributed by atoms with Gasteiger partial charge in [0.2, 0.25) is 0 Å². The van der Waals surface area contributed by atoms with Crippen LogP contribution >= 0.6 is 0 Å². The van der Waals surface area contributed by atoms with Crippen LogP contribution in [0.1, 0.15) is 27.7 Å². The maximum Gasteiger partial charge on any atom is 0.303 e. The van der Waals surface area contributed by atoms with Crippen molar-refractivity contribution < 1.29 is 47.8 Å². The number of nitrogens with zero attached hydrogens (tertiary/aromatic N) is 1. The van der Waals surface area contributed by atoms with E-state index in [-0.39, 0.29) is 11.4 Å². The molecule has 1 saturated heterocycles. The highest BCUT2D eigenvalue weighted by Crippen LogP contribution is 2.32. The molecule has 1 aliphatic heterocycles. The lowest BCUT2D eigenvalue weighted by Gasteiger charge is -2.44. The van der Waals surface area contributed by atoms with Crippen molar-refractivity contribution in [2.24, 2.45) is 0 Å². The molecule has 0 aliphatic carbocycles. The number of hydrogen-bond donors (Lipinski definition) is 1. The van der Waals surface area contributed by atoms with E-state index in [0.717, 1.165) is 27.7 Å². The number of benzene rings is 1. The Balaban J connectivity index is 2.51. The van der Waals surface area contributed by atoms with Crippen molar-refractivity contribution in [1.29, 1.82) is 0 Å². The third-order valence-corrected chi connectivity index (χ3v) is 4.39. The van der Waals surface area contributed by atoms with Crippen LogP contribution in [0.2, 0.25) is 0 Å². The molecule has 0 amide bonds. The fraction of sp³-hybridized carbons (Fsp3) is 0.500. The number of nitro benzene ring substituents is 1. The number of carbonyl (C=O) groups excluding carboxylic acids is 4. The zero-order chi connectivity index (χ0) is 24.7. The summed E-state index contributed by atoms with van der Waals surface area (Å²) >= 11 is 0. The lowest BCUT2D eigenvalue weighted by atomic mass is 9.97. The molecule has 2 rings (SSSR count). The summed E-state index contributed by atoms with van der Waals surface area (Å²) < 4.78 is 26.7. The second-order valence-electron chi connectivity index (χ2n) is 7.04. The van der Waals surface area contributed by atoms with Gasteiger partial charge in [0.25, 0.3) is 5.69 Å². The van der Waals surface area contributed by atoms with Crippen molar-refractivity contribution in [2.75, 3.05) is 11.9 Å². The van der Waals surface area contributed by atoms with Crippen LogP contribution in [0, 0.1) is 10.1 Å². The average Bonchev–Trinajstić information content (AvgIpc) is 2.70. The summed E-state index contributed by atoms with van der Waals surface area (Å²) in [6.45, 7) is 4.03. The van der Waals surface area contributed by atoms with E-state index >= 15 is 0 Å². The molecule has 13 heteroatoms. The van der Waals surface area contributed by atoms with Crippen LogP contribution in [0.3, 0.4) is 0 Å². The Bertz CT molecular complexity index is 919. The molecule has 0 spiro atoms. The maximum atomic E-state index is 11.8. The number of esters is 4. The Hall–Kier alpha value is -3.74. The van der Waals surface area contributed by atoms with E-state index in [1.807, 2.05) is 0 Å². The van der Waals surface area contributed by atoms with Gasteiger partial charge in [0.15, 0.2) is 24.5 Å². The number of nitrogens with one attached hydrogen (secondary N) is 1. The summed E-state index contributed by atoms with van der Waals surface area (Å²) in [7, 11) is 0. The molecule has 1 heterocycles. The zero-order valence-corrected chi connectivity index (χ0v) is 18.3. The molecule has 0 radical (unpaired) electrons. The van der Waals surface area contributed by atoms with Crippen LogP contribution < -0.4 is 5.32 Å². The summed E-state index contributed by atoms with van der Waals surface area (Å²) in [6.07, 6.45) is -6.58. The smallest absolute Gasteiger partial charge is 0.303 e. The minimum Gasteiger partial charge on any atom is -0.463 e. The van der Waals surface area contributed by atoms with Crippen LogP contribution in [0.15, 0.2) is 24.3 Å². The summed E-state index contributed by atoms with van der Waals surface area (Å²) in [5.74, 6) is -2.99. The number of hydrogen-bond acceptors (Lipinski definition) is 12. The minimum absolute atomic E-state index is 0.0170. The topological polar surface area (TPSA) is 170 Å². The number of ether oxygens (including phenoxy) is 5. The highest BCUT2D eigenvalue weighted by Gasteiger charge is 2.52. The van der Waals surface area contributed by atoms with E-state index in [9.17, 15) is 29.3 Å². The first-order chi connectivity index (χ1) is 15.5. The number of rotatable bonds is 8. The minimum atomic E-state index is -1.39. The molecule has 1 aromatic rings. The van der Waals surface area contributed by atoms with E-state index in [1.165, 1.54) is 24.3 Å². The van der Waals surface area contributed by atoms with Gasteiger partial charge >= 0.3 is 23.9 Å². The molecule has 5 atom stereocenters. The van der Waals surface area contributed by atoms with E-state index in [1.54, 1.807) is 0 Å². The van der Waals surface area contributed by atoms with E-state index < -0.39 is 66.1 Å². The second-order valence-corrected chi connectivity index (χ2v) is 7.04. The molecule has 0 bridgehead atoms. The highest BCUT2D eigenvalue weighted by atomic mass is 16.7. The molecule has 0 aromatic heterocycles. The Morgan fingerprint density at radius 1 is 0.909 bits per heavy atom. The van der Waals surface area contributed by atoms with E-state index in [2.05, 4.69) is 5.32 Å². The van der Waals surface area contributed by atoms with Crippen molar-refractivity contribution in [2.45, 2.75) is 58.3 Å². The number of carbonyl (C=O) groups is 4. The third-order valence-electron chi connectivity index (χ3n) is 4.39. The van der Waals surface area contributed by atoms with Gasteiger partial charge in [-0.2, -0.15) is 0 Å². The number of anilines is 1. The second kappa shape index (κ2) is 11.2. The van der Waals surface area contributed by atoms with Gasteiger partial charge in [-0.15, -0.1) is 0 Å². The third kappa shape index (κ3) is 7.14. The zero-order valence-electron chi connectivity index (χ0n) is 18.3. The molecule has 13 nitrogen and oxygen atoms in total. The molecule has 33 heavy (non-hydrogen) atoms. The van der Waals surface area contributed by atoms with Crippen molar-refractivity contribution in [3.8, 4) is 0 Å². The number of para-hydroxylation sites is 2. The van der Waals surface area contributed by atoms with Crippen LogP contribution in [0.4, 0.5) is 11.4 Å². The SMILES string of the molecule is CC(=O)OC[C@@H]1O[C@H](Nc2ccccc2[N+](=O)[O-])[C@H](OC(C)=O)[C@H](OC(C)=O)[C@H]1OC(C)=O. The first-order valence-corrected chi connectivity index (χ1v) is 9.80. The Morgan fingerprint density at radius 2 is 1.45 bits per heavy atom. The monoisotopic (exact) mass is 468 g/mol. The Kier molecular flexibility index (Phi) is 8.68. The molecule has 1 aliphatic rings. The van der Waals surface area contributed by atoms with Gasteiger partial charge in [-0.3, -0.25) is 29.3 Å². The summed E-state index contributed by atoms with van der Waals surface area (Å²) in [5.41, 5.74) is -0.284. The first kappa shape index (κ1) is 25.5.